The topological polar surface area (TPSA) is 28.7 Å². The van der Waals surface area contributed by atoms with Crippen LogP contribution in [0.4, 0.5) is 0 Å². The number of hydrogen-bond donors (Lipinski definition) is 1. The van der Waals surface area contributed by atoms with Crippen molar-refractivity contribution in [3.05, 3.63) is 27.9 Å². The van der Waals surface area contributed by atoms with Crippen LogP contribution in [0, 0.1) is 13.8 Å². The van der Waals surface area contributed by atoms with Crippen molar-refractivity contribution in [2.24, 2.45) is 0 Å². The molecule has 0 bridgehead atoms. The number of nitrogens with zero attached hydrogens (tertiary/aromatic N) is 1. The standard InChI is InChI=1S/C9H9BrN2/c1-5-3-8(10)6(2)9-7(5)4-11-12-9/h3-4H,1-2H3,(H,11,12). The monoisotopic (exact) mass is 224 g/mol. The Hall–Kier alpha value is -0.830. The predicted octanol–water partition coefficient (Wildman–Crippen LogP) is 2.94. The van der Waals surface area contributed by atoms with Crippen molar-refractivity contribution < 1.29 is 0 Å². The lowest BCUT2D eigenvalue weighted by atomic mass is 10.1. The Labute approximate surface area is 79.1 Å². The summed E-state index contributed by atoms with van der Waals surface area (Å²) in [5, 5.41) is 8.21. The van der Waals surface area contributed by atoms with E-state index in [1.807, 2.05) is 6.20 Å². The van der Waals surface area contributed by atoms with Gasteiger partial charge in [0.1, 0.15) is 0 Å². The van der Waals surface area contributed by atoms with Crippen molar-refractivity contribution in [1.29, 1.82) is 0 Å². The molecule has 0 radical (unpaired) electrons. The smallest absolute Gasteiger partial charge is 0.0693 e. The van der Waals surface area contributed by atoms with Crippen molar-refractivity contribution in [1.82, 2.24) is 10.2 Å². The van der Waals surface area contributed by atoms with Crippen molar-refractivity contribution in [2.45, 2.75) is 13.8 Å². The van der Waals surface area contributed by atoms with Gasteiger partial charge in [-0.3, -0.25) is 5.10 Å². The maximum Gasteiger partial charge on any atom is 0.0693 e. The van der Waals surface area contributed by atoms with E-state index >= 15 is 0 Å². The van der Waals surface area contributed by atoms with Crippen LogP contribution in [0.3, 0.4) is 0 Å². The summed E-state index contributed by atoms with van der Waals surface area (Å²) in [6.07, 6.45) is 1.87. The van der Waals surface area contributed by atoms with E-state index in [1.54, 1.807) is 0 Å². The molecule has 2 nitrogen and oxygen atoms in total. The fraction of sp³-hybridized carbons (Fsp3) is 0.222. The highest BCUT2D eigenvalue weighted by atomic mass is 79.9. The van der Waals surface area contributed by atoms with Gasteiger partial charge in [0.15, 0.2) is 0 Å². The molecule has 2 rings (SSSR count). The number of fused-ring (bicyclic) bond motifs is 1. The van der Waals surface area contributed by atoms with Gasteiger partial charge < -0.3 is 0 Å². The Balaban J connectivity index is 2.97. The summed E-state index contributed by atoms with van der Waals surface area (Å²) in [5.74, 6) is 0. The minimum atomic E-state index is 1.13. The third-order valence-electron chi connectivity index (χ3n) is 2.14. The van der Waals surface area contributed by atoms with Gasteiger partial charge in [0, 0.05) is 9.86 Å². The molecule has 0 atom stereocenters. The maximum atomic E-state index is 4.02. The van der Waals surface area contributed by atoms with Gasteiger partial charge in [-0.15, -0.1) is 0 Å². The van der Waals surface area contributed by atoms with Crippen LogP contribution in [0.2, 0.25) is 0 Å². The number of H-pyrrole nitrogens is 1. The third-order valence-corrected chi connectivity index (χ3v) is 2.96. The predicted molar refractivity (Wildman–Crippen MR) is 53.3 cm³/mol. The van der Waals surface area contributed by atoms with Crippen LogP contribution >= 0.6 is 15.9 Å². The highest BCUT2D eigenvalue weighted by molar-refractivity contribution is 9.10. The molecule has 0 aliphatic heterocycles. The van der Waals surface area contributed by atoms with Gasteiger partial charge >= 0.3 is 0 Å². The molecule has 0 aliphatic carbocycles. The Bertz CT molecular complexity index is 431. The number of halogens is 1. The number of aromatic amines is 1. The first-order valence-electron chi connectivity index (χ1n) is 3.79. The Kier molecular flexibility index (Phi) is 1.68. The zero-order chi connectivity index (χ0) is 8.72. The first-order chi connectivity index (χ1) is 5.70. The van der Waals surface area contributed by atoms with E-state index in [2.05, 4.69) is 46.0 Å². The van der Waals surface area contributed by atoms with Crippen LogP contribution < -0.4 is 0 Å². The van der Waals surface area contributed by atoms with Gasteiger partial charge in [0.05, 0.1) is 11.7 Å². The summed E-state index contributed by atoms with van der Waals surface area (Å²) in [6, 6.07) is 2.12. The zero-order valence-electron chi connectivity index (χ0n) is 6.98. The summed E-state index contributed by atoms with van der Waals surface area (Å²) in [5.41, 5.74) is 3.59. The van der Waals surface area contributed by atoms with E-state index in [4.69, 9.17) is 0 Å². The van der Waals surface area contributed by atoms with Crippen LogP contribution in [0.5, 0.6) is 0 Å². The quantitative estimate of drug-likeness (QED) is 0.733. The van der Waals surface area contributed by atoms with Crippen LogP contribution in [0.1, 0.15) is 11.1 Å². The molecule has 1 aromatic heterocycles. The zero-order valence-corrected chi connectivity index (χ0v) is 8.57. The first-order valence-corrected chi connectivity index (χ1v) is 4.58. The molecule has 0 amide bonds. The van der Waals surface area contributed by atoms with E-state index in [0.717, 1.165) is 9.99 Å². The van der Waals surface area contributed by atoms with Crippen molar-refractivity contribution in [3.63, 3.8) is 0 Å². The molecule has 0 aliphatic rings. The highest BCUT2D eigenvalue weighted by Gasteiger charge is 2.05. The van der Waals surface area contributed by atoms with E-state index in [-0.39, 0.29) is 0 Å². The summed E-state index contributed by atoms with van der Waals surface area (Å²) in [4.78, 5) is 0. The molecule has 62 valence electrons. The third kappa shape index (κ3) is 0.966. The largest absolute Gasteiger partial charge is 0.278 e. The highest BCUT2D eigenvalue weighted by Crippen LogP contribution is 2.26. The molecule has 0 saturated carbocycles. The lowest BCUT2D eigenvalue weighted by Gasteiger charge is -2.01. The molecule has 1 heterocycles. The van der Waals surface area contributed by atoms with Crippen molar-refractivity contribution >= 4 is 26.8 Å². The van der Waals surface area contributed by atoms with Gasteiger partial charge in [-0.25, -0.2) is 0 Å². The molecule has 0 unspecified atom stereocenters. The molecule has 1 N–H and O–H groups in total. The second-order valence-corrected chi connectivity index (χ2v) is 3.81. The maximum absolute atomic E-state index is 4.02. The molecular weight excluding hydrogens is 216 g/mol. The molecule has 0 fully saturated rings. The number of nitrogens with one attached hydrogen (secondary N) is 1. The van der Waals surface area contributed by atoms with Gasteiger partial charge in [0.25, 0.3) is 0 Å². The molecular formula is C9H9BrN2. The van der Waals surface area contributed by atoms with Gasteiger partial charge in [0.2, 0.25) is 0 Å². The van der Waals surface area contributed by atoms with E-state index in [1.165, 1.54) is 16.5 Å². The second kappa shape index (κ2) is 2.59. The second-order valence-electron chi connectivity index (χ2n) is 2.96. The molecule has 0 saturated heterocycles. The van der Waals surface area contributed by atoms with Crippen LogP contribution in [-0.2, 0) is 0 Å². The molecule has 3 heteroatoms. The number of aryl methyl sites for hydroxylation is 2. The number of rotatable bonds is 0. The minimum absolute atomic E-state index is 1.13. The summed E-state index contributed by atoms with van der Waals surface area (Å²) >= 11 is 3.50. The number of hydrogen-bond acceptors (Lipinski definition) is 1. The van der Waals surface area contributed by atoms with Gasteiger partial charge in [-0.1, -0.05) is 15.9 Å². The van der Waals surface area contributed by atoms with Gasteiger partial charge in [-0.05, 0) is 31.0 Å². The van der Waals surface area contributed by atoms with Crippen LogP contribution in [0.25, 0.3) is 10.9 Å². The van der Waals surface area contributed by atoms with E-state index < -0.39 is 0 Å². The fourth-order valence-electron chi connectivity index (χ4n) is 1.37. The molecule has 1 aromatic carbocycles. The molecule has 0 spiro atoms. The van der Waals surface area contributed by atoms with E-state index in [0.29, 0.717) is 0 Å². The average molecular weight is 225 g/mol. The van der Waals surface area contributed by atoms with E-state index in [9.17, 15) is 0 Å². The molecule has 12 heavy (non-hydrogen) atoms. The summed E-state index contributed by atoms with van der Waals surface area (Å²) in [6.45, 7) is 4.16. The Morgan fingerprint density at radius 2 is 2.17 bits per heavy atom. The summed E-state index contributed by atoms with van der Waals surface area (Å²) < 4.78 is 1.14. The van der Waals surface area contributed by atoms with Crippen molar-refractivity contribution in [3.8, 4) is 0 Å². The van der Waals surface area contributed by atoms with Crippen molar-refractivity contribution in [2.75, 3.05) is 0 Å². The Morgan fingerprint density at radius 1 is 1.42 bits per heavy atom. The average Bonchev–Trinajstić information content (AvgIpc) is 2.48. The number of benzene rings is 1. The SMILES string of the molecule is Cc1cc(Br)c(C)c2[nH]ncc12. The fourth-order valence-corrected chi connectivity index (χ4v) is 1.91. The minimum Gasteiger partial charge on any atom is -0.278 e. The lowest BCUT2D eigenvalue weighted by molar-refractivity contribution is 1.11. The van der Waals surface area contributed by atoms with Crippen LogP contribution in [-0.4, -0.2) is 10.2 Å². The summed E-state index contributed by atoms with van der Waals surface area (Å²) in [7, 11) is 0. The molecule has 2 aromatic rings. The Morgan fingerprint density at radius 3 is 2.92 bits per heavy atom. The normalized spacial score (nSPS) is 10.9. The lowest BCUT2D eigenvalue weighted by Crippen LogP contribution is -1.82. The van der Waals surface area contributed by atoms with Gasteiger partial charge in [-0.2, -0.15) is 5.10 Å². The van der Waals surface area contributed by atoms with Crippen LogP contribution in [0.15, 0.2) is 16.7 Å². The first kappa shape index (κ1) is 7.80. The number of aromatic nitrogens is 2.